The van der Waals surface area contributed by atoms with Crippen LogP contribution >= 0.6 is 0 Å². The van der Waals surface area contributed by atoms with Gasteiger partial charge in [-0.05, 0) is 33.7 Å². The van der Waals surface area contributed by atoms with Crippen molar-refractivity contribution < 1.29 is 58.7 Å². The predicted molar refractivity (Wildman–Crippen MR) is 64.9 cm³/mol. The van der Waals surface area contributed by atoms with Crippen LogP contribution in [0.15, 0.2) is 0 Å². The number of nitrogens with two attached hydrogens (primary N) is 1. The van der Waals surface area contributed by atoms with E-state index in [4.69, 9.17) is 38.2 Å². The Bertz CT molecular complexity index is 186. The van der Waals surface area contributed by atoms with E-state index in [-0.39, 0.29) is 26.2 Å². The predicted octanol–water partition coefficient (Wildman–Crippen LogP) is -3.76. The molecule has 2 N–H and O–H groups in total. The molecule has 0 aromatic heterocycles. The molecule has 0 aromatic carbocycles. The molecule has 8 nitrogen and oxygen atoms in total. The molecule has 0 heterocycles. The van der Waals surface area contributed by atoms with Crippen LogP contribution in [-0.4, -0.2) is 44.2 Å². The maximum atomic E-state index is 8.58. The van der Waals surface area contributed by atoms with Gasteiger partial charge in [0.15, 0.2) is 0 Å². The second-order valence-corrected chi connectivity index (χ2v) is 7.11. The van der Waals surface area contributed by atoms with Gasteiger partial charge in [0.2, 0.25) is 0 Å². The van der Waals surface area contributed by atoms with Crippen molar-refractivity contribution in [1.82, 2.24) is 0 Å². The van der Waals surface area contributed by atoms with Gasteiger partial charge in [0.05, 0.1) is 0 Å². The summed E-state index contributed by atoms with van der Waals surface area (Å²) in [4.78, 5) is 34.3. The van der Waals surface area contributed by atoms with Gasteiger partial charge in [0.1, 0.15) is 0 Å². The monoisotopic (exact) mass is 403 g/mol. The van der Waals surface area contributed by atoms with Crippen LogP contribution in [0.25, 0.3) is 0 Å². The zero-order valence-corrected chi connectivity index (χ0v) is 16.6. The Morgan fingerprint density at radius 1 is 0.850 bits per heavy atom. The molecule has 20 heavy (non-hydrogen) atoms. The van der Waals surface area contributed by atoms with Crippen molar-refractivity contribution in [2.75, 3.05) is 26.4 Å². The third kappa shape index (κ3) is 19.0. The molecule has 0 atom stereocenters. The third-order valence-corrected chi connectivity index (χ3v) is 4.93. The molecule has 11 heteroatoms. The van der Waals surface area contributed by atoms with Gasteiger partial charge in [-0.2, -0.15) is 0 Å². The summed E-state index contributed by atoms with van der Waals surface area (Å²) in [5.74, 6) is 0. The molecule has 0 radical (unpaired) electrons. The summed E-state index contributed by atoms with van der Waals surface area (Å²) in [6.07, 6.45) is 0.895. The second-order valence-electron chi connectivity index (χ2n) is 3.37. The van der Waals surface area contributed by atoms with Crippen LogP contribution in [0.4, 0.5) is 0 Å². The Labute approximate surface area is 141 Å². The molecule has 0 saturated carbocycles. The Balaban J connectivity index is -0.000000414. The van der Waals surface area contributed by atoms with Gasteiger partial charge in [-0.25, -0.2) is 0 Å². The van der Waals surface area contributed by atoms with Crippen molar-refractivity contribution in [3.63, 3.8) is 0 Å². The van der Waals surface area contributed by atoms with Crippen LogP contribution in [0.1, 0.15) is 27.2 Å². The molecule has 0 aliphatic rings. The van der Waals surface area contributed by atoms with Crippen LogP contribution in [0.5, 0.6) is 0 Å². The molecule has 0 aromatic rings. The van der Waals surface area contributed by atoms with E-state index >= 15 is 0 Å². The smallest absolute Gasteiger partial charge is 0.894 e. The van der Waals surface area contributed by atoms with Gasteiger partial charge < -0.3 is 47.2 Å². The van der Waals surface area contributed by atoms with Crippen molar-refractivity contribution in [1.29, 1.82) is 0 Å². The topological polar surface area (TPSA) is 146 Å². The number of hydrogen-bond acceptors (Lipinski definition) is 8. The quantitative estimate of drug-likeness (QED) is 0.386. The summed E-state index contributed by atoms with van der Waals surface area (Å²) < 4.78 is 17.0. The van der Waals surface area contributed by atoms with E-state index in [0.717, 1.165) is 12.5 Å². The molecule has 0 unspecified atom stereocenters. The summed E-state index contributed by atoms with van der Waals surface area (Å²) in [5.41, 5.74) is 5.48. The largest absolute Gasteiger partial charge is 4.00 e. The van der Waals surface area contributed by atoms with Gasteiger partial charge in [-0.15, -0.1) is 0 Å². The van der Waals surface area contributed by atoms with Crippen LogP contribution in [0.2, 0.25) is 6.04 Å². The minimum atomic E-state index is -5.61. The molecular formula is C9H23NO7Si2Zr. The summed E-state index contributed by atoms with van der Waals surface area (Å²) in [6.45, 7) is 8.44. The zero-order chi connectivity index (χ0) is 15.4. The van der Waals surface area contributed by atoms with Gasteiger partial charge in [0.25, 0.3) is 0 Å². The van der Waals surface area contributed by atoms with Crippen LogP contribution < -0.4 is 24.9 Å². The van der Waals surface area contributed by atoms with Gasteiger partial charge in [0, 0.05) is 25.9 Å². The van der Waals surface area contributed by atoms with Crippen LogP contribution in [0, 0.1) is 0 Å². The van der Waals surface area contributed by atoms with Gasteiger partial charge in [-0.3, -0.25) is 0 Å². The van der Waals surface area contributed by atoms with Gasteiger partial charge >= 0.3 is 35.0 Å². The summed E-state index contributed by atoms with van der Waals surface area (Å²) >= 11 is 0. The molecule has 0 fully saturated rings. The normalized spacial score (nSPS) is 11.4. The maximum absolute atomic E-state index is 8.58. The summed E-state index contributed by atoms with van der Waals surface area (Å²) in [7, 11) is -8.01. The molecule has 0 bridgehead atoms. The first kappa shape index (κ1) is 25.9. The van der Waals surface area contributed by atoms with Gasteiger partial charge in [-0.1, -0.05) is 0 Å². The minimum absolute atomic E-state index is 0. The average molecular weight is 405 g/mol. The second kappa shape index (κ2) is 14.9. The average Bonchev–Trinajstić information content (AvgIpc) is 2.25. The molecule has 0 aliphatic carbocycles. The van der Waals surface area contributed by atoms with E-state index in [0.29, 0.717) is 26.4 Å². The summed E-state index contributed by atoms with van der Waals surface area (Å²) in [5, 5.41) is 0. The Kier molecular flexibility index (Phi) is 19.3. The standard InChI is InChI=1S/C9H23NO3Si.O4Si.Zr/c1-4-11-14(12-5-2,13-6-3)9-7-8-10;1-5(2,3)4;/h4-10H2,1-3H3;;/q;-4;+4. The molecule has 0 saturated heterocycles. The van der Waals surface area contributed by atoms with Crippen molar-refractivity contribution in [2.45, 2.75) is 33.2 Å². The van der Waals surface area contributed by atoms with Crippen LogP contribution in [0.3, 0.4) is 0 Å². The SMILES string of the molecule is CCO[Si](CCCN)(OCC)OCC.[O-][Si]([O-])([O-])[O-].[Zr+4]. The maximum Gasteiger partial charge on any atom is 4.00 e. The Hall–Kier alpha value is 0.997. The molecule has 0 aliphatic heterocycles. The summed E-state index contributed by atoms with van der Waals surface area (Å²) in [6, 6.07) is 0.818. The number of hydrogen-bond donors (Lipinski definition) is 1. The van der Waals surface area contributed by atoms with E-state index < -0.39 is 17.9 Å². The third-order valence-electron chi connectivity index (χ3n) is 1.78. The first-order valence-electron chi connectivity index (χ1n) is 6.18. The Morgan fingerprint density at radius 3 is 1.35 bits per heavy atom. The molecule has 0 amide bonds. The first-order chi connectivity index (χ1) is 8.74. The number of rotatable bonds is 9. The van der Waals surface area contributed by atoms with E-state index in [1.807, 2.05) is 20.8 Å². The van der Waals surface area contributed by atoms with E-state index in [2.05, 4.69) is 0 Å². The van der Waals surface area contributed by atoms with Crippen molar-refractivity contribution in [3.05, 3.63) is 0 Å². The van der Waals surface area contributed by atoms with E-state index in [1.165, 1.54) is 0 Å². The molecule has 0 spiro atoms. The molecule has 118 valence electrons. The fourth-order valence-corrected chi connectivity index (χ4v) is 3.96. The van der Waals surface area contributed by atoms with Crippen molar-refractivity contribution in [2.24, 2.45) is 5.73 Å². The fraction of sp³-hybridized carbons (Fsp3) is 1.00. The van der Waals surface area contributed by atoms with Crippen molar-refractivity contribution in [3.8, 4) is 0 Å². The van der Waals surface area contributed by atoms with Crippen molar-refractivity contribution >= 4 is 17.9 Å². The Morgan fingerprint density at radius 2 is 1.15 bits per heavy atom. The van der Waals surface area contributed by atoms with Crippen LogP contribution in [-0.2, 0) is 39.5 Å². The minimum Gasteiger partial charge on any atom is -0.894 e. The molecule has 0 rings (SSSR count). The zero-order valence-electron chi connectivity index (χ0n) is 12.2. The fourth-order valence-electron chi connectivity index (χ4n) is 1.32. The van der Waals surface area contributed by atoms with E-state index in [9.17, 15) is 0 Å². The van der Waals surface area contributed by atoms with E-state index in [1.54, 1.807) is 0 Å². The molecular weight excluding hydrogens is 381 g/mol. The first-order valence-corrected chi connectivity index (χ1v) is 9.74.